The third-order valence-corrected chi connectivity index (χ3v) is 4.35. The number of hydrogen-bond acceptors (Lipinski definition) is 6. The van der Waals surface area contributed by atoms with Crippen LogP contribution in [0.15, 0.2) is 36.8 Å². The summed E-state index contributed by atoms with van der Waals surface area (Å²) in [5.41, 5.74) is 3.56. The second kappa shape index (κ2) is 7.14. The maximum Gasteiger partial charge on any atom is 0.407 e. The van der Waals surface area contributed by atoms with Crippen molar-refractivity contribution in [2.45, 2.75) is 51.7 Å². The Bertz CT molecular complexity index is 1020. The van der Waals surface area contributed by atoms with Crippen LogP contribution in [0.5, 0.6) is 0 Å². The number of pyridine rings is 2. The average Bonchev–Trinajstić information content (AvgIpc) is 3.50. The van der Waals surface area contributed by atoms with E-state index in [2.05, 4.69) is 15.3 Å². The number of alkyl carbamates (subject to hydrolysis) is 1. The minimum atomic E-state index is -0.534. The molecule has 0 bridgehead atoms. The molecule has 0 aromatic carbocycles. The minimum Gasteiger partial charge on any atom is -0.444 e. The highest BCUT2D eigenvalue weighted by atomic mass is 16.6. The highest BCUT2D eigenvalue weighted by molar-refractivity contribution is 5.80. The Morgan fingerprint density at radius 2 is 1.96 bits per heavy atom. The van der Waals surface area contributed by atoms with Crippen LogP contribution in [0.3, 0.4) is 0 Å². The van der Waals surface area contributed by atoms with Crippen LogP contribution in [0.2, 0.25) is 0 Å². The van der Waals surface area contributed by atoms with Crippen LogP contribution in [0.1, 0.15) is 50.9 Å². The maximum absolute atomic E-state index is 11.8. The van der Waals surface area contributed by atoms with Crippen molar-refractivity contribution in [1.82, 2.24) is 25.3 Å². The van der Waals surface area contributed by atoms with Crippen molar-refractivity contribution < 1.29 is 9.53 Å². The fourth-order valence-corrected chi connectivity index (χ4v) is 2.85. The summed E-state index contributed by atoms with van der Waals surface area (Å²) in [6.45, 7) is 5.75. The molecule has 1 aliphatic rings. The molecular formula is C21H23N5O2. The van der Waals surface area contributed by atoms with Gasteiger partial charge in [0.25, 0.3) is 0 Å². The smallest absolute Gasteiger partial charge is 0.407 e. The summed E-state index contributed by atoms with van der Waals surface area (Å²) < 4.78 is 5.25. The van der Waals surface area contributed by atoms with Crippen LogP contribution in [0, 0.1) is 0 Å². The molecule has 144 valence electrons. The molecule has 4 rings (SSSR count). The van der Waals surface area contributed by atoms with Crippen molar-refractivity contribution in [3.8, 4) is 11.4 Å². The zero-order valence-electron chi connectivity index (χ0n) is 16.3. The van der Waals surface area contributed by atoms with Gasteiger partial charge < -0.3 is 10.1 Å². The number of hydrogen-bond donors (Lipinski definition) is 1. The van der Waals surface area contributed by atoms with Crippen molar-refractivity contribution in [3.05, 3.63) is 48.2 Å². The van der Waals surface area contributed by atoms with Gasteiger partial charge in [-0.1, -0.05) is 0 Å². The van der Waals surface area contributed by atoms with Crippen LogP contribution in [0.25, 0.3) is 22.3 Å². The standard InChI is InChI=1S/C21H23N5O2/c1-21(2,3)28-20(27)24-10-15-8-17-14(9-23-15)6-7-16(25-17)19-12-22-11-18(26-19)13-4-5-13/h6-9,11-13H,4-5,10H2,1-3H3,(H,24,27). The third kappa shape index (κ3) is 4.42. The predicted octanol–water partition coefficient (Wildman–Crippen LogP) is 3.99. The molecule has 1 saturated carbocycles. The summed E-state index contributed by atoms with van der Waals surface area (Å²) in [6.07, 6.45) is 7.23. The van der Waals surface area contributed by atoms with E-state index in [0.717, 1.165) is 28.0 Å². The fourth-order valence-electron chi connectivity index (χ4n) is 2.85. The number of ether oxygens (including phenoxy) is 1. The van der Waals surface area contributed by atoms with Gasteiger partial charge in [0.15, 0.2) is 0 Å². The molecule has 3 aromatic rings. The van der Waals surface area contributed by atoms with Gasteiger partial charge in [-0.25, -0.2) is 14.8 Å². The van der Waals surface area contributed by atoms with E-state index in [1.807, 2.05) is 45.2 Å². The first kappa shape index (κ1) is 18.3. The van der Waals surface area contributed by atoms with Crippen LogP contribution >= 0.6 is 0 Å². The van der Waals surface area contributed by atoms with Crippen molar-refractivity contribution in [2.24, 2.45) is 0 Å². The zero-order valence-corrected chi connectivity index (χ0v) is 16.3. The highest BCUT2D eigenvalue weighted by Gasteiger charge is 2.25. The molecule has 1 aliphatic carbocycles. The average molecular weight is 377 g/mol. The normalized spacial score (nSPS) is 14.1. The number of rotatable bonds is 4. The third-order valence-electron chi connectivity index (χ3n) is 4.35. The number of fused-ring (bicyclic) bond motifs is 1. The van der Waals surface area contributed by atoms with Gasteiger partial charge in [-0.2, -0.15) is 0 Å². The van der Waals surface area contributed by atoms with E-state index in [9.17, 15) is 4.79 Å². The lowest BCUT2D eigenvalue weighted by Crippen LogP contribution is -2.32. The van der Waals surface area contributed by atoms with Crippen molar-refractivity contribution in [1.29, 1.82) is 0 Å². The van der Waals surface area contributed by atoms with Gasteiger partial charge >= 0.3 is 6.09 Å². The molecule has 0 spiro atoms. The number of carbonyl (C=O) groups excluding carboxylic acids is 1. The number of amides is 1. The minimum absolute atomic E-state index is 0.272. The molecule has 0 saturated heterocycles. The summed E-state index contributed by atoms with van der Waals surface area (Å²) in [6, 6.07) is 5.78. The molecule has 0 aliphatic heterocycles. The lowest BCUT2D eigenvalue weighted by molar-refractivity contribution is 0.0523. The lowest BCUT2D eigenvalue weighted by atomic mass is 10.2. The van der Waals surface area contributed by atoms with Crippen molar-refractivity contribution in [3.63, 3.8) is 0 Å². The Morgan fingerprint density at radius 1 is 1.14 bits per heavy atom. The zero-order chi connectivity index (χ0) is 19.7. The summed E-state index contributed by atoms with van der Waals surface area (Å²) >= 11 is 0. The van der Waals surface area contributed by atoms with Gasteiger partial charge in [0.2, 0.25) is 0 Å². The largest absolute Gasteiger partial charge is 0.444 e. The Kier molecular flexibility index (Phi) is 4.66. The molecule has 7 nitrogen and oxygen atoms in total. The van der Waals surface area contributed by atoms with Gasteiger partial charge in [0.05, 0.1) is 35.3 Å². The Hall–Kier alpha value is -3.09. The van der Waals surface area contributed by atoms with Crippen LogP contribution < -0.4 is 5.32 Å². The summed E-state index contributed by atoms with van der Waals surface area (Å²) in [4.78, 5) is 30.0. The van der Waals surface area contributed by atoms with E-state index in [0.29, 0.717) is 11.6 Å². The second-order valence-electron chi connectivity index (χ2n) is 8.02. The predicted molar refractivity (Wildman–Crippen MR) is 106 cm³/mol. The molecule has 1 amide bonds. The van der Waals surface area contributed by atoms with Gasteiger partial charge in [-0.3, -0.25) is 9.97 Å². The molecular weight excluding hydrogens is 354 g/mol. The van der Waals surface area contributed by atoms with Crippen LogP contribution in [0.4, 0.5) is 4.79 Å². The van der Waals surface area contributed by atoms with Gasteiger partial charge in [0, 0.05) is 23.7 Å². The van der Waals surface area contributed by atoms with Crippen molar-refractivity contribution >= 4 is 17.0 Å². The maximum atomic E-state index is 11.8. The van der Waals surface area contributed by atoms with E-state index in [1.54, 1.807) is 12.4 Å². The number of carbonyl (C=O) groups is 1. The summed E-state index contributed by atoms with van der Waals surface area (Å²) in [5.74, 6) is 0.544. The lowest BCUT2D eigenvalue weighted by Gasteiger charge is -2.19. The Labute approximate surface area is 163 Å². The topological polar surface area (TPSA) is 89.9 Å². The first-order valence-corrected chi connectivity index (χ1v) is 9.42. The van der Waals surface area contributed by atoms with E-state index in [-0.39, 0.29) is 6.54 Å². The molecule has 0 unspecified atom stereocenters. The molecule has 1 N–H and O–H groups in total. The molecule has 1 fully saturated rings. The molecule has 3 aromatic heterocycles. The fraction of sp³-hybridized carbons (Fsp3) is 0.381. The quantitative estimate of drug-likeness (QED) is 0.739. The van der Waals surface area contributed by atoms with Gasteiger partial charge in [-0.05, 0) is 51.8 Å². The number of nitrogens with one attached hydrogen (secondary N) is 1. The monoisotopic (exact) mass is 377 g/mol. The second-order valence-corrected chi connectivity index (χ2v) is 8.02. The van der Waals surface area contributed by atoms with Gasteiger partial charge in [0.1, 0.15) is 11.3 Å². The molecule has 28 heavy (non-hydrogen) atoms. The Balaban J connectivity index is 1.54. The van der Waals surface area contributed by atoms with E-state index >= 15 is 0 Å². The molecule has 3 heterocycles. The molecule has 0 radical (unpaired) electrons. The van der Waals surface area contributed by atoms with Crippen LogP contribution in [-0.4, -0.2) is 31.6 Å². The summed E-state index contributed by atoms with van der Waals surface area (Å²) in [7, 11) is 0. The van der Waals surface area contributed by atoms with Gasteiger partial charge in [-0.15, -0.1) is 0 Å². The van der Waals surface area contributed by atoms with E-state index in [4.69, 9.17) is 14.7 Å². The molecule has 7 heteroatoms. The van der Waals surface area contributed by atoms with E-state index in [1.165, 1.54) is 12.8 Å². The highest BCUT2D eigenvalue weighted by Crippen LogP contribution is 2.39. The van der Waals surface area contributed by atoms with Crippen LogP contribution in [-0.2, 0) is 11.3 Å². The number of aromatic nitrogens is 4. The number of nitrogens with zero attached hydrogens (tertiary/aromatic N) is 4. The summed E-state index contributed by atoms with van der Waals surface area (Å²) in [5, 5.41) is 3.65. The Morgan fingerprint density at radius 3 is 2.71 bits per heavy atom. The van der Waals surface area contributed by atoms with Crippen molar-refractivity contribution in [2.75, 3.05) is 0 Å². The first-order chi connectivity index (χ1) is 13.4. The SMILES string of the molecule is CC(C)(C)OC(=O)NCc1cc2nc(-c3cncc(C4CC4)n3)ccc2cn1. The molecule has 0 atom stereocenters. The first-order valence-electron chi connectivity index (χ1n) is 9.42. The van der Waals surface area contributed by atoms with E-state index < -0.39 is 11.7 Å².